The highest BCUT2D eigenvalue weighted by molar-refractivity contribution is 6.54. The van der Waals surface area contributed by atoms with Gasteiger partial charge in [0.25, 0.3) is 0 Å². The molecule has 0 saturated carbocycles. The molecule has 2 nitrogen and oxygen atoms in total. The molecule has 0 aliphatic heterocycles. The molecule has 0 aliphatic rings. The third kappa shape index (κ3) is 5.41. The Kier molecular flexibility index (Phi) is 6.91. The predicted molar refractivity (Wildman–Crippen MR) is 54.4 cm³/mol. The molecular weight excluding hydrogens is 152 g/mol. The van der Waals surface area contributed by atoms with Gasteiger partial charge in [0.15, 0.2) is 0 Å². The Labute approximate surface area is 72.7 Å². The van der Waals surface area contributed by atoms with Crippen LogP contribution in [0.2, 0.25) is 12.6 Å². The zero-order valence-electron chi connectivity index (χ0n) is 8.35. The molecule has 1 N–H and O–H groups in total. The minimum atomic E-state index is -0.557. The lowest BCUT2D eigenvalue weighted by atomic mass is 10.6. The van der Waals surface area contributed by atoms with Crippen LogP contribution in [0.1, 0.15) is 20.8 Å². The molecule has 0 aliphatic carbocycles. The number of hydrogen-bond donors (Lipinski definition) is 1. The lowest BCUT2D eigenvalue weighted by Crippen LogP contribution is -2.40. The first-order chi connectivity index (χ1) is 5.24. The van der Waals surface area contributed by atoms with Gasteiger partial charge in [-0.05, 0) is 13.1 Å². The molecule has 0 fully saturated rings. The minimum absolute atomic E-state index is 0.557. The first-order valence-electron chi connectivity index (χ1n) is 4.70. The monoisotopic (exact) mass is 174 g/mol. The van der Waals surface area contributed by atoms with Crippen LogP contribution in [0.25, 0.3) is 0 Å². The SMILES string of the molecule is CCN(CC)CN[SiH](C)CC. The molecule has 1 unspecified atom stereocenters. The van der Waals surface area contributed by atoms with Crippen molar-refractivity contribution in [3.8, 4) is 0 Å². The lowest BCUT2D eigenvalue weighted by Gasteiger charge is -2.20. The molecule has 68 valence electrons. The van der Waals surface area contributed by atoms with Crippen molar-refractivity contribution in [2.45, 2.75) is 33.4 Å². The maximum Gasteiger partial charge on any atom is 0.106 e. The van der Waals surface area contributed by atoms with Crippen LogP contribution < -0.4 is 4.98 Å². The molecule has 0 radical (unpaired) electrons. The van der Waals surface area contributed by atoms with Gasteiger partial charge in [-0.25, -0.2) is 0 Å². The molecule has 0 rings (SSSR count). The molecule has 0 aromatic rings. The summed E-state index contributed by atoms with van der Waals surface area (Å²) in [6.07, 6.45) is 0. The Hall–Kier alpha value is 0.137. The molecule has 0 bridgehead atoms. The maximum absolute atomic E-state index is 3.60. The van der Waals surface area contributed by atoms with E-state index in [1.807, 2.05) is 0 Å². The Bertz CT molecular complexity index is 84.2. The van der Waals surface area contributed by atoms with Crippen LogP contribution in [0.4, 0.5) is 0 Å². The van der Waals surface area contributed by atoms with E-state index in [2.05, 4.69) is 37.2 Å². The number of nitrogens with zero attached hydrogens (tertiary/aromatic N) is 1. The third-order valence-electron chi connectivity index (χ3n) is 2.17. The van der Waals surface area contributed by atoms with Crippen LogP contribution in [-0.2, 0) is 0 Å². The summed E-state index contributed by atoms with van der Waals surface area (Å²) in [6, 6.07) is 1.35. The lowest BCUT2D eigenvalue weighted by molar-refractivity contribution is 0.300. The van der Waals surface area contributed by atoms with Crippen LogP contribution in [-0.4, -0.2) is 33.6 Å². The highest BCUT2D eigenvalue weighted by Crippen LogP contribution is 1.87. The topological polar surface area (TPSA) is 15.3 Å². The van der Waals surface area contributed by atoms with E-state index < -0.39 is 8.96 Å². The van der Waals surface area contributed by atoms with E-state index in [4.69, 9.17) is 0 Å². The zero-order chi connectivity index (χ0) is 8.69. The minimum Gasteiger partial charge on any atom is -0.328 e. The van der Waals surface area contributed by atoms with Gasteiger partial charge in [0.2, 0.25) is 0 Å². The van der Waals surface area contributed by atoms with Crippen molar-refractivity contribution in [2.24, 2.45) is 0 Å². The largest absolute Gasteiger partial charge is 0.328 e. The van der Waals surface area contributed by atoms with Crippen molar-refractivity contribution in [1.82, 2.24) is 9.88 Å². The van der Waals surface area contributed by atoms with Gasteiger partial charge in [-0.2, -0.15) is 0 Å². The van der Waals surface area contributed by atoms with Crippen molar-refractivity contribution >= 4 is 8.96 Å². The second-order valence-electron chi connectivity index (χ2n) is 2.97. The van der Waals surface area contributed by atoms with Crippen LogP contribution in [0.3, 0.4) is 0 Å². The first-order valence-corrected chi connectivity index (χ1v) is 7.25. The molecular formula is C8H22N2Si. The van der Waals surface area contributed by atoms with Gasteiger partial charge in [-0.3, -0.25) is 4.90 Å². The molecule has 1 atom stereocenters. The molecule has 3 heteroatoms. The summed E-state index contributed by atoms with van der Waals surface area (Å²) in [4.78, 5) is 6.01. The molecule has 0 amide bonds. The van der Waals surface area contributed by atoms with Crippen molar-refractivity contribution in [2.75, 3.05) is 19.8 Å². The molecule has 0 aromatic carbocycles. The van der Waals surface area contributed by atoms with E-state index in [1.165, 1.54) is 6.04 Å². The van der Waals surface area contributed by atoms with Crippen molar-refractivity contribution in [1.29, 1.82) is 0 Å². The van der Waals surface area contributed by atoms with E-state index in [9.17, 15) is 0 Å². The van der Waals surface area contributed by atoms with E-state index in [0.717, 1.165) is 19.8 Å². The Balaban J connectivity index is 3.34. The standard InChI is InChI=1S/C8H22N2Si/c1-5-10(6-2)8-9-11(4)7-3/h9,11H,5-8H2,1-4H3. The second kappa shape index (κ2) is 6.82. The summed E-state index contributed by atoms with van der Waals surface area (Å²) in [5.41, 5.74) is 0. The fourth-order valence-electron chi connectivity index (χ4n) is 0.876. The number of hydrogen-bond acceptors (Lipinski definition) is 2. The maximum atomic E-state index is 3.60. The average Bonchev–Trinajstić information content (AvgIpc) is 2.06. The Morgan fingerprint density at radius 1 is 1.18 bits per heavy atom. The molecule has 0 heterocycles. The summed E-state index contributed by atoms with van der Waals surface area (Å²) >= 11 is 0. The van der Waals surface area contributed by atoms with Crippen LogP contribution in [0.15, 0.2) is 0 Å². The normalized spacial score (nSPS) is 13.9. The van der Waals surface area contributed by atoms with Gasteiger partial charge in [0.1, 0.15) is 8.96 Å². The molecule has 11 heavy (non-hydrogen) atoms. The van der Waals surface area contributed by atoms with E-state index in [0.29, 0.717) is 0 Å². The molecule has 0 aromatic heterocycles. The second-order valence-corrected chi connectivity index (χ2v) is 6.00. The average molecular weight is 174 g/mol. The smallest absolute Gasteiger partial charge is 0.106 e. The van der Waals surface area contributed by atoms with E-state index in [-0.39, 0.29) is 0 Å². The number of rotatable bonds is 6. The first kappa shape index (κ1) is 11.1. The summed E-state index contributed by atoms with van der Waals surface area (Å²) in [5, 5.41) is 0. The molecule has 0 spiro atoms. The van der Waals surface area contributed by atoms with Crippen LogP contribution in [0.5, 0.6) is 0 Å². The van der Waals surface area contributed by atoms with Crippen LogP contribution >= 0.6 is 0 Å². The van der Waals surface area contributed by atoms with Crippen molar-refractivity contribution in [3.63, 3.8) is 0 Å². The fourth-order valence-corrected chi connectivity index (χ4v) is 1.74. The van der Waals surface area contributed by atoms with Crippen LogP contribution in [0, 0.1) is 0 Å². The van der Waals surface area contributed by atoms with Gasteiger partial charge in [0, 0.05) is 6.67 Å². The summed E-state index contributed by atoms with van der Waals surface area (Å²) in [6.45, 7) is 12.5. The third-order valence-corrected chi connectivity index (χ3v) is 4.27. The van der Waals surface area contributed by atoms with Gasteiger partial charge < -0.3 is 4.98 Å². The predicted octanol–water partition coefficient (Wildman–Crippen LogP) is 1.25. The molecule has 0 saturated heterocycles. The highest BCUT2D eigenvalue weighted by Gasteiger charge is 2.01. The van der Waals surface area contributed by atoms with E-state index in [1.54, 1.807) is 0 Å². The Morgan fingerprint density at radius 2 is 1.73 bits per heavy atom. The van der Waals surface area contributed by atoms with Gasteiger partial charge in [0.05, 0.1) is 0 Å². The Morgan fingerprint density at radius 3 is 2.09 bits per heavy atom. The quantitative estimate of drug-likeness (QED) is 0.481. The number of nitrogens with one attached hydrogen (secondary N) is 1. The summed E-state index contributed by atoms with van der Waals surface area (Å²) in [7, 11) is -0.557. The summed E-state index contributed by atoms with van der Waals surface area (Å²) in [5.74, 6) is 0. The van der Waals surface area contributed by atoms with Crippen molar-refractivity contribution < 1.29 is 0 Å². The van der Waals surface area contributed by atoms with Crippen molar-refractivity contribution in [3.05, 3.63) is 0 Å². The fraction of sp³-hybridized carbons (Fsp3) is 1.00. The zero-order valence-corrected chi connectivity index (χ0v) is 9.51. The van der Waals surface area contributed by atoms with Gasteiger partial charge in [-0.15, -0.1) is 0 Å². The summed E-state index contributed by atoms with van der Waals surface area (Å²) < 4.78 is 0. The highest BCUT2D eigenvalue weighted by atomic mass is 28.3. The van der Waals surface area contributed by atoms with Gasteiger partial charge >= 0.3 is 0 Å². The van der Waals surface area contributed by atoms with E-state index >= 15 is 0 Å². The van der Waals surface area contributed by atoms with Gasteiger partial charge in [-0.1, -0.05) is 33.4 Å².